The summed E-state index contributed by atoms with van der Waals surface area (Å²) in [5, 5.41) is 3.73. The van der Waals surface area contributed by atoms with Gasteiger partial charge in [-0.2, -0.15) is 0 Å². The summed E-state index contributed by atoms with van der Waals surface area (Å²) >= 11 is 1.39. The van der Waals surface area contributed by atoms with Crippen LogP contribution in [0, 0.1) is 6.92 Å². The number of nitrogens with zero attached hydrogens (tertiary/aromatic N) is 1. The van der Waals surface area contributed by atoms with Crippen molar-refractivity contribution >= 4 is 28.7 Å². The molecule has 25 heavy (non-hydrogen) atoms. The summed E-state index contributed by atoms with van der Waals surface area (Å²) in [6.07, 6.45) is 0.698. The van der Waals surface area contributed by atoms with Crippen LogP contribution in [0.25, 0.3) is 0 Å². The number of thiazole rings is 1. The van der Waals surface area contributed by atoms with Gasteiger partial charge in [0.15, 0.2) is 5.78 Å². The van der Waals surface area contributed by atoms with E-state index in [1.807, 2.05) is 37.3 Å². The molecule has 1 amide bonds. The fourth-order valence-corrected chi connectivity index (χ4v) is 3.58. The van der Waals surface area contributed by atoms with Crippen molar-refractivity contribution in [2.24, 2.45) is 0 Å². The van der Waals surface area contributed by atoms with E-state index in [1.54, 1.807) is 24.3 Å². The van der Waals surface area contributed by atoms with Gasteiger partial charge in [-0.15, -0.1) is 11.3 Å². The third-order valence-corrected chi connectivity index (χ3v) is 4.96. The van der Waals surface area contributed by atoms with E-state index in [-0.39, 0.29) is 11.7 Å². The number of carbonyl (C=O) groups is 2. The number of rotatable bonds is 5. The van der Waals surface area contributed by atoms with Crippen molar-refractivity contribution in [2.45, 2.75) is 20.3 Å². The van der Waals surface area contributed by atoms with E-state index in [9.17, 15) is 9.59 Å². The first-order valence-corrected chi connectivity index (χ1v) is 8.78. The molecule has 4 nitrogen and oxygen atoms in total. The molecular formula is C20H18N2O2S. The summed E-state index contributed by atoms with van der Waals surface area (Å²) in [7, 11) is 0. The molecule has 0 radical (unpaired) electrons. The fourth-order valence-electron chi connectivity index (χ4n) is 2.59. The van der Waals surface area contributed by atoms with E-state index >= 15 is 0 Å². The zero-order chi connectivity index (χ0) is 17.8. The van der Waals surface area contributed by atoms with Crippen LogP contribution in [0.1, 0.15) is 43.2 Å². The van der Waals surface area contributed by atoms with Crippen molar-refractivity contribution in [3.05, 3.63) is 81.3 Å². The van der Waals surface area contributed by atoms with E-state index in [0.29, 0.717) is 28.2 Å². The van der Waals surface area contributed by atoms with Crippen molar-refractivity contribution in [1.29, 1.82) is 0 Å². The van der Waals surface area contributed by atoms with E-state index in [2.05, 4.69) is 10.3 Å². The summed E-state index contributed by atoms with van der Waals surface area (Å²) in [5.41, 5.74) is 2.89. The standard InChI is InChI=1S/C20H18N2O2S/c1-13-19(25-18(21-13)12-15-8-4-3-5-9-15)20(24)22-17-11-7-6-10-16(17)14(2)23/h3-11H,12H2,1-2H3,(H,22,24). The molecule has 0 fully saturated rings. The Labute approximate surface area is 150 Å². The summed E-state index contributed by atoms with van der Waals surface area (Å²) < 4.78 is 0. The average molecular weight is 350 g/mol. The first kappa shape index (κ1) is 17.0. The number of amides is 1. The highest BCUT2D eigenvalue weighted by Gasteiger charge is 2.17. The number of Topliss-reactive ketones (excluding diaryl/α,β-unsaturated/α-hetero) is 1. The third kappa shape index (κ3) is 4.00. The van der Waals surface area contributed by atoms with Gasteiger partial charge in [0, 0.05) is 12.0 Å². The Morgan fingerprint density at radius 1 is 1.04 bits per heavy atom. The Hall–Kier alpha value is -2.79. The molecule has 3 aromatic rings. The summed E-state index contributed by atoms with van der Waals surface area (Å²) in [6, 6.07) is 17.0. The van der Waals surface area contributed by atoms with E-state index in [1.165, 1.54) is 18.3 Å². The second-order valence-electron chi connectivity index (χ2n) is 5.74. The number of aryl methyl sites for hydroxylation is 1. The molecular weight excluding hydrogens is 332 g/mol. The fraction of sp³-hybridized carbons (Fsp3) is 0.150. The highest BCUT2D eigenvalue weighted by atomic mass is 32.1. The molecule has 0 bridgehead atoms. The van der Waals surface area contributed by atoms with Crippen molar-refractivity contribution in [3.63, 3.8) is 0 Å². The minimum absolute atomic E-state index is 0.0818. The normalized spacial score (nSPS) is 10.5. The number of carbonyl (C=O) groups excluding carboxylic acids is 2. The molecule has 0 aliphatic carbocycles. The van der Waals surface area contributed by atoms with Gasteiger partial charge in [-0.25, -0.2) is 4.98 Å². The Morgan fingerprint density at radius 3 is 2.44 bits per heavy atom. The molecule has 0 aliphatic rings. The number of nitrogens with one attached hydrogen (secondary N) is 1. The topological polar surface area (TPSA) is 59.1 Å². The summed E-state index contributed by atoms with van der Waals surface area (Å²) in [5.74, 6) is -0.315. The lowest BCUT2D eigenvalue weighted by Crippen LogP contribution is -2.14. The summed E-state index contributed by atoms with van der Waals surface area (Å²) in [4.78, 5) is 29.4. The van der Waals surface area contributed by atoms with Crippen molar-refractivity contribution in [3.8, 4) is 0 Å². The maximum atomic E-state index is 12.6. The first-order valence-electron chi connectivity index (χ1n) is 7.96. The van der Waals surface area contributed by atoms with Gasteiger partial charge in [0.2, 0.25) is 0 Å². The van der Waals surface area contributed by atoms with Gasteiger partial charge in [0.25, 0.3) is 5.91 Å². The lowest BCUT2D eigenvalue weighted by molar-refractivity contribution is 0.101. The second kappa shape index (κ2) is 7.40. The second-order valence-corrected chi connectivity index (χ2v) is 6.82. The quantitative estimate of drug-likeness (QED) is 0.689. The number of hydrogen-bond donors (Lipinski definition) is 1. The van der Waals surface area contributed by atoms with Gasteiger partial charge in [0.1, 0.15) is 4.88 Å². The number of ketones is 1. The van der Waals surface area contributed by atoms with Crippen LogP contribution in [0.4, 0.5) is 5.69 Å². The molecule has 5 heteroatoms. The minimum atomic E-state index is -0.233. The van der Waals surface area contributed by atoms with Crippen LogP contribution in [0.5, 0.6) is 0 Å². The molecule has 3 rings (SSSR count). The molecule has 1 heterocycles. The highest BCUT2D eigenvalue weighted by Crippen LogP contribution is 2.23. The van der Waals surface area contributed by atoms with Crippen LogP contribution in [0.3, 0.4) is 0 Å². The van der Waals surface area contributed by atoms with Gasteiger partial charge >= 0.3 is 0 Å². The van der Waals surface area contributed by atoms with E-state index < -0.39 is 0 Å². The van der Waals surface area contributed by atoms with Crippen LogP contribution < -0.4 is 5.32 Å². The zero-order valence-corrected chi connectivity index (χ0v) is 14.9. The zero-order valence-electron chi connectivity index (χ0n) is 14.1. The van der Waals surface area contributed by atoms with Crippen molar-refractivity contribution in [1.82, 2.24) is 4.98 Å². The van der Waals surface area contributed by atoms with Gasteiger partial charge in [-0.3, -0.25) is 9.59 Å². The van der Waals surface area contributed by atoms with Crippen LogP contribution in [0.15, 0.2) is 54.6 Å². The molecule has 0 saturated carbocycles. The maximum absolute atomic E-state index is 12.6. The van der Waals surface area contributed by atoms with Gasteiger partial charge < -0.3 is 5.32 Å². The number of hydrogen-bond acceptors (Lipinski definition) is 4. The molecule has 126 valence electrons. The molecule has 0 atom stereocenters. The van der Waals surface area contributed by atoms with Crippen LogP contribution in [-0.2, 0) is 6.42 Å². The third-order valence-electron chi connectivity index (χ3n) is 3.80. The van der Waals surface area contributed by atoms with Gasteiger partial charge in [-0.05, 0) is 31.5 Å². The SMILES string of the molecule is CC(=O)c1ccccc1NC(=O)c1sc(Cc2ccccc2)nc1C. The van der Waals surface area contributed by atoms with Crippen LogP contribution in [0.2, 0.25) is 0 Å². The molecule has 1 aromatic heterocycles. The number of para-hydroxylation sites is 1. The molecule has 0 aliphatic heterocycles. The average Bonchev–Trinajstić information content (AvgIpc) is 2.96. The number of anilines is 1. The van der Waals surface area contributed by atoms with E-state index in [4.69, 9.17) is 0 Å². The van der Waals surface area contributed by atoms with Crippen LogP contribution >= 0.6 is 11.3 Å². The molecule has 0 spiro atoms. The molecule has 0 unspecified atom stereocenters. The summed E-state index contributed by atoms with van der Waals surface area (Å²) in [6.45, 7) is 3.32. The smallest absolute Gasteiger partial charge is 0.267 e. The Bertz CT molecular complexity index is 916. The maximum Gasteiger partial charge on any atom is 0.267 e. The monoisotopic (exact) mass is 350 g/mol. The Morgan fingerprint density at radius 2 is 1.72 bits per heavy atom. The predicted molar refractivity (Wildman–Crippen MR) is 100 cm³/mol. The number of benzene rings is 2. The van der Waals surface area contributed by atoms with Crippen molar-refractivity contribution < 1.29 is 9.59 Å². The van der Waals surface area contributed by atoms with E-state index in [0.717, 1.165) is 10.6 Å². The molecule has 1 N–H and O–H groups in total. The van der Waals surface area contributed by atoms with Crippen LogP contribution in [-0.4, -0.2) is 16.7 Å². The first-order chi connectivity index (χ1) is 12.0. The lowest BCUT2D eigenvalue weighted by Gasteiger charge is -2.08. The van der Waals surface area contributed by atoms with Gasteiger partial charge in [-0.1, -0.05) is 42.5 Å². The van der Waals surface area contributed by atoms with Crippen molar-refractivity contribution in [2.75, 3.05) is 5.32 Å². The predicted octanol–water partition coefficient (Wildman–Crippen LogP) is 4.50. The lowest BCUT2D eigenvalue weighted by atomic mass is 10.1. The minimum Gasteiger partial charge on any atom is -0.321 e. The Balaban J connectivity index is 1.80. The Kier molecular flexibility index (Phi) is 5.05. The van der Waals surface area contributed by atoms with Gasteiger partial charge in [0.05, 0.1) is 16.4 Å². The highest BCUT2D eigenvalue weighted by molar-refractivity contribution is 7.14. The largest absolute Gasteiger partial charge is 0.321 e. The number of aromatic nitrogens is 1. The molecule has 0 saturated heterocycles. The molecule has 2 aromatic carbocycles.